The molecule has 4 rings (SSSR count). The van der Waals surface area contributed by atoms with E-state index in [0.29, 0.717) is 41.8 Å². The molecule has 9 heteroatoms. The van der Waals surface area contributed by atoms with E-state index in [-0.39, 0.29) is 24.1 Å². The molecule has 1 N–H and O–H groups in total. The minimum Gasteiger partial charge on any atom is -0.497 e. The molecule has 2 amide bonds. The Morgan fingerprint density at radius 3 is 2.29 bits per heavy atom. The average molecular weight is 536 g/mol. The largest absolute Gasteiger partial charge is 0.497 e. The van der Waals surface area contributed by atoms with Crippen molar-refractivity contribution in [1.82, 2.24) is 4.90 Å². The zero-order valence-electron chi connectivity index (χ0n) is 21.4. The zero-order valence-corrected chi connectivity index (χ0v) is 22.2. The topological polar surface area (TPSA) is 71.1 Å². The van der Waals surface area contributed by atoms with Crippen molar-refractivity contribution in [2.75, 3.05) is 30.5 Å². The van der Waals surface area contributed by atoms with Gasteiger partial charge in [-0.3, -0.25) is 14.5 Å². The first-order valence-electron chi connectivity index (χ1n) is 12.5. The quantitative estimate of drug-likeness (QED) is 0.341. The zero-order chi connectivity index (χ0) is 27.1. The van der Waals surface area contributed by atoms with Gasteiger partial charge in [-0.1, -0.05) is 19.1 Å². The first kappa shape index (κ1) is 27.1. The van der Waals surface area contributed by atoms with Crippen molar-refractivity contribution in [3.05, 3.63) is 84.2 Å². The molecule has 1 fully saturated rings. The van der Waals surface area contributed by atoms with Crippen LogP contribution in [0.2, 0.25) is 0 Å². The smallest absolute Gasteiger partial charge is 0.256 e. The number of thiocarbonyl (C=S) groups is 1. The second kappa shape index (κ2) is 12.5. The van der Waals surface area contributed by atoms with E-state index in [4.69, 9.17) is 21.7 Å². The SMILES string of the molecule is CCCOc1ccc(NC(=O)C[C@@H]2C(=O)N(c3ccc(OC)cc3)C(=S)N2CCc2ccc(F)cc2)cc1. The predicted molar refractivity (Wildman–Crippen MR) is 149 cm³/mol. The molecule has 1 atom stereocenters. The van der Waals surface area contributed by atoms with E-state index < -0.39 is 6.04 Å². The van der Waals surface area contributed by atoms with E-state index in [0.717, 1.165) is 17.7 Å². The number of anilines is 2. The molecule has 1 saturated heterocycles. The van der Waals surface area contributed by atoms with Gasteiger partial charge in [-0.05, 0) is 91.3 Å². The second-order valence-corrected chi connectivity index (χ2v) is 9.23. The van der Waals surface area contributed by atoms with E-state index in [2.05, 4.69) is 5.32 Å². The Kier molecular flexibility index (Phi) is 8.91. The van der Waals surface area contributed by atoms with Crippen LogP contribution in [0.25, 0.3) is 0 Å². The molecule has 0 aromatic heterocycles. The minimum atomic E-state index is -0.780. The summed E-state index contributed by atoms with van der Waals surface area (Å²) in [6.07, 6.45) is 1.35. The van der Waals surface area contributed by atoms with E-state index in [1.54, 1.807) is 72.7 Å². The van der Waals surface area contributed by atoms with Crippen molar-refractivity contribution >= 4 is 40.5 Å². The summed E-state index contributed by atoms with van der Waals surface area (Å²) in [6.45, 7) is 3.04. The highest BCUT2D eigenvalue weighted by molar-refractivity contribution is 7.80. The number of halogens is 1. The molecule has 0 radical (unpaired) electrons. The van der Waals surface area contributed by atoms with E-state index >= 15 is 0 Å². The van der Waals surface area contributed by atoms with Crippen LogP contribution in [0.15, 0.2) is 72.8 Å². The maximum Gasteiger partial charge on any atom is 0.256 e. The number of carbonyl (C=O) groups excluding carboxylic acids is 2. The summed E-state index contributed by atoms with van der Waals surface area (Å²) in [5, 5.41) is 3.18. The molecule has 1 heterocycles. The first-order valence-corrected chi connectivity index (χ1v) is 12.9. The van der Waals surface area contributed by atoms with Crippen LogP contribution < -0.4 is 19.7 Å². The van der Waals surface area contributed by atoms with E-state index in [9.17, 15) is 14.0 Å². The highest BCUT2D eigenvalue weighted by atomic mass is 32.1. The predicted octanol–water partition coefficient (Wildman–Crippen LogP) is 5.20. The van der Waals surface area contributed by atoms with Crippen molar-refractivity contribution in [1.29, 1.82) is 0 Å². The third kappa shape index (κ3) is 6.47. The number of hydrogen-bond acceptors (Lipinski definition) is 5. The molecule has 0 bridgehead atoms. The number of nitrogens with one attached hydrogen (secondary N) is 1. The third-order valence-electron chi connectivity index (χ3n) is 6.19. The Bertz CT molecular complexity index is 1270. The summed E-state index contributed by atoms with van der Waals surface area (Å²) in [7, 11) is 1.57. The Morgan fingerprint density at radius 1 is 1.00 bits per heavy atom. The highest BCUT2D eigenvalue weighted by Crippen LogP contribution is 2.29. The Hall–Kier alpha value is -3.98. The fraction of sp³-hybridized carbons (Fsp3) is 0.276. The van der Waals surface area contributed by atoms with Gasteiger partial charge >= 0.3 is 0 Å². The van der Waals surface area contributed by atoms with Crippen molar-refractivity contribution in [2.45, 2.75) is 32.2 Å². The maximum absolute atomic E-state index is 13.6. The lowest BCUT2D eigenvalue weighted by Gasteiger charge is -2.24. The molecule has 0 aliphatic carbocycles. The molecule has 0 saturated carbocycles. The number of amides is 2. The van der Waals surface area contributed by atoms with Crippen LogP contribution in [0.3, 0.4) is 0 Å². The fourth-order valence-corrected chi connectivity index (χ4v) is 4.61. The van der Waals surface area contributed by atoms with Gasteiger partial charge in [-0.15, -0.1) is 0 Å². The van der Waals surface area contributed by atoms with Gasteiger partial charge < -0.3 is 19.7 Å². The summed E-state index contributed by atoms with van der Waals surface area (Å²) >= 11 is 5.72. The van der Waals surface area contributed by atoms with Crippen LogP contribution in [0.1, 0.15) is 25.3 Å². The van der Waals surface area contributed by atoms with Crippen LogP contribution in [0, 0.1) is 5.82 Å². The van der Waals surface area contributed by atoms with Crippen molar-refractivity contribution in [3.8, 4) is 11.5 Å². The van der Waals surface area contributed by atoms with Crippen LogP contribution >= 0.6 is 12.2 Å². The molecule has 38 heavy (non-hydrogen) atoms. The Morgan fingerprint density at radius 2 is 1.66 bits per heavy atom. The monoisotopic (exact) mass is 535 g/mol. The summed E-state index contributed by atoms with van der Waals surface area (Å²) in [4.78, 5) is 29.8. The molecular formula is C29H30FN3O4S. The molecule has 0 unspecified atom stereocenters. The number of benzene rings is 3. The molecule has 0 spiro atoms. The van der Waals surface area contributed by atoms with Gasteiger partial charge in [-0.2, -0.15) is 0 Å². The van der Waals surface area contributed by atoms with Crippen LogP contribution in [-0.4, -0.2) is 48.1 Å². The summed E-state index contributed by atoms with van der Waals surface area (Å²) < 4.78 is 24.2. The summed E-state index contributed by atoms with van der Waals surface area (Å²) in [5.74, 6) is 0.477. The first-order chi connectivity index (χ1) is 18.4. The highest BCUT2D eigenvalue weighted by Gasteiger charge is 2.43. The average Bonchev–Trinajstić information content (AvgIpc) is 3.16. The standard InChI is InChI=1S/C29H30FN3O4S/c1-3-18-37-25-12-8-22(9-13-25)31-27(34)19-26-28(35)33(23-10-14-24(36-2)15-11-23)29(38)32(26)17-16-20-4-6-21(30)7-5-20/h4-15,26H,3,16-19H2,1-2H3,(H,31,34)/t26-/m1/s1. The number of nitrogens with zero attached hydrogens (tertiary/aromatic N) is 2. The Labute approximate surface area is 227 Å². The third-order valence-corrected chi connectivity index (χ3v) is 6.61. The molecule has 7 nitrogen and oxygen atoms in total. The molecule has 3 aromatic rings. The van der Waals surface area contributed by atoms with Crippen molar-refractivity contribution < 1.29 is 23.5 Å². The van der Waals surface area contributed by atoms with Gasteiger partial charge in [0.2, 0.25) is 5.91 Å². The summed E-state index contributed by atoms with van der Waals surface area (Å²) in [6, 6.07) is 19.5. The lowest BCUT2D eigenvalue weighted by molar-refractivity contribution is -0.124. The van der Waals surface area contributed by atoms with Gasteiger partial charge in [0, 0.05) is 12.2 Å². The molecule has 198 valence electrons. The van der Waals surface area contributed by atoms with Gasteiger partial charge in [-0.25, -0.2) is 4.39 Å². The lowest BCUT2D eigenvalue weighted by Crippen LogP contribution is -2.39. The molecule has 1 aliphatic heterocycles. The molecule has 1 aliphatic rings. The van der Waals surface area contributed by atoms with Crippen molar-refractivity contribution in [2.24, 2.45) is 0 Å². The van der Waals surface area contributed by atoms with Gasteiger partial charge in [0.05, 0.1) is 25.8 Å². The normalized spacial score (nSPS) is 15.1. The number of methoxy groups -OCH3 is 1. The molecular weight excluding hydrogens is 505 g/mol. The van der Waals surface area contributed by atoms with Gasteiger partial charge in [0.25, 0.3) is 5.91 Å². The van der Waals surface area contributed by atoms with Gasteiger partial charge in [0.1, 0.15) is 23.4 Å². The second-order valence-electron chi connectivity index (χ2n) is 8.87. The van der Waals surface area contributed by atoms with Gasteiger partial charge in [0.15, 0.2) is 5.11 Å². The van der Waals surface area contributed by atoms with E-state index in [1.165, 1.54) is 17.0 Å². The van der Waals surface area contributed by atoms with E-state index in [1.807, 2.05) is 6.92 Å². The number of hydrogen-bond donors (Lipinski definition) is 1. The van der Waals surface area contributed by atoms with Crippen molar-refractivity contribution in [3.63, 3.8) is 0 Å². The maximum atomic E-state index is 13.6. The van der Waals surface area contributed by atoms with Crippen LogP contribution in [0.4, 0.5) is 15.8 Å². The molecule has 3 aromatic carbocycles. The number of ether oxygens (including phenoxy) is 2. The van der Waals surface area contributed by atoms with Crippen LogP contribution in [-0.2, 0) is 16.0 Å². The minimum absolute atomic E-state index is 0.0802. The fourth-order valence-electron chi connectivity index (χ4n) is 4.20. The Balaban J connectivity index is 1.50. The number of carbonyl (C=O) groups is 2. The lowest BCUT2D eigenvalue weighted by atomic mass is 10.1. The summed E-state index contributed by atoms with van der Waals surface area (Å²) in [5.41, 5.74) is 2.10. The number of rotatable bonds is 11. The van der Waals surface area contributed by atoms with Crippen LogP contribution in [0.5, 0.6) is 11.5 Å².